The molecule has 0 bridgehead atoms. The Hall–Kier alpha value is -2.74. The normalized spacial score (nSPS) is 18.8. The van der Waals surface area contributed by atoms with Crippen LogP contribution in [-0.4, -0.2) is 53.8 Å². The zero-order valence-corrected chi connectivity index (χ0v) is 23.8. The van der Waals surface area contributed by atoms with Crippen LogP contribution in [0.25, 0.3) is 0 Å². The number of epoxide rings is 1. The molecule has 1 aliphatic heterocycles. The van der Waals surface area contributed by atoms with Crippen LogP contribution in [0.3, 0.4) is 0 Å². The van der Waals surface area contributed by atoms with E-state index in [1.165, 1.54) is 0 Å². The minimum Gasteiger partial charge on any atom is -0.361 e. The first-order chi connectivity index (χ1) is 18.1. The summed E-state index contributed by atoms with van der Waals surface area (Å²) in [5.41, 5.74) is 0.0639. The van der Waals surface area contributed by atoms with E-state index in [1.54, 1.807) is 6.92 Å². The summed E-state index contributed by atoms with van der Waals surface area (Å²) in [6.45, 7) is 10.2. The lowest BCUT2D eigenvalue weighted by Crippen LogP contribution is -2.57. The number of carbonyl (C=O) groups excluding carboxylic acids is 4. The van der Waals surface area contributed by atoms with Crippen LogP contribution in [0.1, 0.15) is 91.5 Å². The van der Waals surface area contributed by atoms with Crippen LogP contribution in [-0.2, 0) is 30.3 Å². The number of unbranched alkanes of at least 4 members (excludes halogenated alkanes) is 3. The summed E-state index contributed by atoms with van der Waals surface area (Å²) in [4.78, 5) is 52.5. The molecule has 8 heteroatoms. The number of ketones is 1. The van der Waals surface area contributed by atoms with Crippen LogP contribution >= 0.6 is 0 Å². The second-order valence-electron chi connectivity index (χ2n) is 11.0. The average molecular weight is 530 g/mol. The van der Waals surface area contributed by atoms with E-state index >= 15 is 0 Å². The molecule has 212 valence electrons. The molecular weight excluding hydrogens is 482 g/mol. The van der Waals surface area contributed by atoms with E-state index < -0.39 is 29.6 Å². The van der Waals surface area contributed by atoms with Crippen molar-refractivity contribution in [2.45, 2.75) is 116 Å². The smallest absolute Gasteiger partial charge is 0.243 e. The maximum absolute atomic E-state index is 13.5. The minimum absolute atomic E-state index is 0.138. The van der Waals surface area contributed by atoms with Crippen LogP contribution in [0.2, 0.25) is 0 Å². The van der Waals surface area contributed by atoms with Gasteiger partial charge in [0.25, 0.3) is 0 Å². The van der Waals surface area contributed by atoms with E-state index in [0.717, 1.165) is 37.7 Å². The molecule has 1 fully saturated rings. The highest BCUT2D eigenvalue weighted by atomic mass is 16.6. The first-order valence-corrected chi connectivity index (χ1v) is 14.2. The molecule has 3 amide bonds. The Kier molecular flexibility index (Phi) is 12.9. The van der Waals surface area contributed by atoms with Gasteiger partial charge in [-0.3, -0.25) is 19.2 Å². The van der Waals surface area contributed by atoms with Gasteiger partial charge >= 0.3 is 0 Å². The molecule has 0 radical (unpaired) electrons. The van der Waals surface area contributed by atoms with Gasteiger partial charge in [0.05, 0.1) is 12.6 Å². The summed E-state index contributed by atoms with van der Waals surface area (Å²) in [7, 11) is 0. The number of hydrogen-bond acceptors (Lipinski definition) is 5. The van der Waals surface area contributed by atoms with Gasteiger partial charge in [-0.2, -0.15) is 0 Å². The third-order valence-electron chi connectivity index (χ3n) is 6.86. The fraction of sp³-hybridized carbons (Fsp3) is 0.667. The highest BCUT2D eigenvalue weighted by Gasteiger charge is 2.50. The van der Waals surface area contributed by atoms with Crippen LogP contribution in [0.5, 0.6) is 0 Å². The van der Waals surface area contributed by atoms with Crippen molar-refractivity contribution >= 4 is 23.5 Å². The van der Waals surface area contributed by atoms with Gasteiger partial charge in [-0.05, 0) is 37.7 Å². The summed E-state index contributed by atoms with van der Waals surface area (Å²) < 4.78 is 5.34. The topological polar surface area (TPSA) is 117 Å². The van der Waals surface area contributed by atoms with Gasteiger partial charge in [0.2, 0.25) is 17.7 Å². The van der Waals surface area contributed by atoms with Crippen LogP contribution < -0.4 is 16.0 Å². The van der Waals surface area contributed by atoms with Crippen LogP contribution in [0.4, 0.5) is 0 Å². The predicted octanol–water partition coefficient (Wildman–Crippen LogP) is 3.86. The number of Topliss-reactive ketones (excluding diaryl/α,β-unsaturated/α-hetero) is 1. The van der Waals surface area contributed by atoms with Crippen molar-refractivity contribution in [3.8, 4) is 0 Å². The SMILES string of the molecule is CCCCCC(=O)N[C@@H](Cc1ccccc1)C(=O)N[C@@H](CCCC)C(=O)N[C@@H](CC(C)C)C(=O)[C@@]1(C)CO1. The monoisotopic (exact) mass is 529 g/mol. The van der Waals surface area contributed by atoms with Gasteiger partial charge in [-0.25, -0.2) is 0 Å². The van der Waals surface area contributed by atoms with E-state index in [1.807, 2.05) is 51.1 Å². The first kappa shape index (κ1) is 31.5. The third-order valence-corrected chi connectivity index (χ3v) is 6.86. The summed E-state index contributed by atoms with van der Waals surface area (Å²) in [6.07, 6.45) is 5.89. The molecule has 1 aromatic rings. The highest BCUT2D eigenvalue weighted by molar-refractivity contribution is 5.98. The fourth-order valence-corrected chi connectivity index (χ4v) is 4.40. The van der Waals surface area contributed by atoms with Gasteiger partial charge in [0.15, 0.2) is 5.78 Å². The molecule has 8 nitrogen and oxygen atoms in total. The van der Waals surface area contributed by atoms with E-state index in [0.29, 0.717) is 32.3 Å². The molecule has 0 aromatic heterocycles. The zero-order valence-electron chi connectivity index (χ0n) is 23.8. The Morgan fingerprint density at radius 2 is 1.47 bits per heavy atom. The summed E-state index contributed by atoms with van der Waals surface area (Å²) >= 11 is 0. The van der Waals surface area contributed by atoms with Gasteiger partial charge in [-0.1, -0.05) is 83.7 Å². The molecule has 1 saturated heterocycles. The Morgan fingerprint density at radius 1 is 0.868 bits per heavy atom. The third kappa shape index (κ3) is 10.6. The van der Waals surface area contributed by atoms with Crippen molar-refractivity contribution in [3.63, 3.8) is 0 Å². The number of nitrogens with one attached hydrogen (secondary N) is 3. The van der Waals surface area contributed by atoms with Crippen molar-refractivity contribution < 1.29 is 23.9 Å². The molecule has 1 aliphatic rings. The molecule has 38 heavy (non-hydrogen) atoms. The molecule has 1 heterocycles. The molecule has 2 rings (SSSR count). The molecule has 4 atom stereocenters. The second-order valence-corrected chi connectivity index (χ2v) is 11.0. The lowest BCUT2D eigenvalue weighted by molar-refractivity contribution is -0.134. The Bertz CT molecular complexity index is 914. The maximum Gasteiger partial charge on any atom is 0.243 e. The van der Waals surface area contributed by atoms with Gasteiger partial charge in [-0.15, -0.1) is 0 Å². The standard InChI is InChI=1S/C30H47N3O5/c1-6-8-11-17-26(34)31-25(19-22-14-12-10-13-15-22)29(37)32-23(16-9-7-2)28(36)33-24(18-21(3)4)27(35)30(5)20-38-30/h10,12-15,21,23-25H,6-9,11,16-20H2,1-5H3,(H,31,34)(H,32,37)(H,33,36)/t23-,24-,25-,30+/m0/s1. The second kappa shape index (κ2) is 15.6. The number of benzene rings is 1. The maximum atomic E-state index is 13.5. The quantitative estimate of drug-likeness (QED) is 0.197. The Labute approximate surface area is 228 Å². The molecular formula is C30H47N3O5. The summed E-state index contributed by atoms with van der Waals surface area (Å²) in [5.74, 6) is -0.916. The molecule has 0 aliphatic carbocycles. The van der Waals surface area contributed by atoms with E-state index in [-0.39, 0.29) is 23.5 Å². The molecule has 3 N–H and O–H groups in total. The van der Waals surface area contributed by atoms with Gasteiger partial charge in [0.1, 0.15) is 17.7 Å². The van der Waals surface area contributed by atoms with Crippen LogP contribution in [0.15, 0.2) is 30.3 Å². The highest BCUT2D eigenvalue weighted by Crippen LogP contribution is 2.29. The average Bonchev–Trinajstić information content (AvgIpc) is 3.63. The predicted molar refractivity (Wildman–Crippen MR) is 148 cm³/mol. The fourth-order valence-electron chi connectivity index (χ4n) is 4.40. The number of hydrogen-bond donors (Lipinski definition) is 3. The lowest BCUT2D eigenvalue weighted by Gasteiger charge is -2.26. The van der Waals surface area contributed by atoms with E-state index in [2.05, 4.69) is 22.9 Å². The van der Waals surface area contributed by atoms with Crippen molar-refractivity contribution in [2.24, 2.45) is 5.92 Å². The van der Waals surface area contributed by atoms with E-state index in [4.69, 9.17) is 4.74 Å². The largest absolute Gasteiger partial charge is 0.361 e. The Morgan fingerprint density at radius 3 is 2.05 bits per heavy atom. The number of carbonyl (C=O) groups is 4. The lowest BCUT2D eigenvalue weighted by atomic mass is 9.93. The van der Waals surface area contributed by atoms with Crippen molar-refractivity contribution in [1.29, 1.82) is 0 Å². The number of ether oxygens (including phenoxy) is 1. The van der Waals surface area contributed by atoms with E-state index in [9.17, 15) is 19.2 Å². The molecule has 0 spiro atoms. The molecule has 0 saturated carbocycles. The molecule has 1 aromatic carbocycles. The number of rotatable bonds is 18. The van der Waals surface area contributed by atoms with Crippen molar-refractivity contribution in [1.82, 2.24) is 16.0 Å². The van der Waals surface area contributed by atoms with Crippen molar-refractivity contribution in [2.75, 3.05) is 6.61 Å². The first-order valence-electron chi connectivity index (χ1n) is 14.2. The summed E-state index contributed by atoms with van der Waals surface area (Å²) in [5, 5.41) is 8.68. The van der Waals surface area contributed by atoms with Crippen molar-refractivity contribution in [3.05, 3.63) is 35.9 Å². The Balaban J connectivity index is 2.16. The summed E-state index contributed by atoms with van der Waals surface area (Å²) in [6, 6.07) is 7.19. The molecule has 0 unspecified atom stereocenters. The number of amides is 3. The van der Waals surface area contributed by atoms with Crippen LogP contribution in [0, 0.1) is 5.92 Å². The minimum atomic E-state index is -0.849. The van der Waals surface area contributed by atoms with Gasteiger partial charge < -0.3 is 20.7 Å². The zero-order chi connectivity index (χ0) is 28.1. The van der Waals surface area contributed by atoms with Gasteiger partial charge in [0, 0.05) is 12.8 Å².